The van der Waals surface area contributed by atoms with Crippen LogP contribution < -0.4 is 5.32 Å². The quantitative estimate of drug-likeness (QED) is 0.570. The molecule has 0 saturated heterocycles. The summed E-state index contributed by atoms with van der Waals surface area (Å²) in [5.74, 6) is -0.847. The lowest BCUT2D eigenvalue weighted by Crippen LogP contribution is -2.45. The fourth-order valence-corrected chi connectivity index (χ4v) is 1.79. The lowest BCUT2D eigenvalue weighted by molar-refractivity contribution is -0.143. The van der Waals surface area contributed by atoms with Gasteiger partial charge in [0.1, 0.15) is 6.61 Å². The van der Waals surface area contributed by atoms with Gasteiger partial charge in [-0.1, -0.05) is 30.3 Å². The van der Waals surface area contributed by atoms with Crippen molar-refractivity contribution >= 4 is 22.2 Å². The first-order valence-electron chi connectivity index (χ1n) is 6.21. The van der Waals surface area contributed by atoms with E-state index in [-0.39, 0.29) is 6.61 Å². The van der Waals surface area contributed by atoms with Crippen molar-refractivity contribution in [2.75, 3.05) is 20.0 Å². The highest BCUT2D eigenvalue weighted by molar-refractivity contribution is 7.85. The number of ether oxygens (including phenoxy) is 2. The Labute approximate surface area is 128 Å². The van der Waals surface area contributed by atoms with Gasteiger partial charge in [0.2, 0.25) is 0 Å². The van der Waals surface area contributed by atoms with Gasteiger partial charge in [0.15, 0.2) is 6.04 Å². The molecule has 1 unspecified atom stereocenters. The van der Waals surface area contributed by atoms with E-state index < -0.39 is 34.8 Å². The van der Waals surface area contributed by atoms with Crippen LogP contribution in [-0.2, 0) is 35.2 Å². The van der Waals surface area contributed by atoms with Gasteiger partial charge in [0, 0.05) is 0 Å². The van der Waals surface area contributed by atoms with E-state index in [1.54, 1.807) is 24.3 Å². The third-order valence-electron chi connectivity index (χ3n) is 2.44. The predicted octanol–water partition coefficient (Wildman–Crippen LogP) is 0.431. The second-order valence-electron chi connectivity index (χ2n) is 4.27. The van der Waals surface area contributed by atoms with Crippen molar-refractivity contribution in [2.45, 2.75) is 12.6 Å². The molecule has 0 fully saturated rings. The number of hydrogen-bond acceptors (Lipinski definition) is 7. The number of methoxy groups -OCH3 is 1. The standard InChI is InChI=1S/C13H17NO7S/c1-19-12(15)11(9-21-22(2,17)18)14-13(16)20-8-10-6-4-3-5-7-10/h3-7,11H,8-9H2,1-2H3,(H,14,16). The average molecular weight is 331 g/mol. The van der Waals surface area contributed by atoms with Crippen LogP contribution in [0.25, 0.3) is 0 Å². The summed E-state index contributed by atoms with van der Waals surface area (Å²) in [5, 5.41) is 2.19. The second kappa shape index (κ2) is 8.35. The molecule has 1 rings (SSSR count). The normalized spacial score (nSPS) is 12.3. The van der Waals surface area contributed by atoms with E-state index in [1.807, 2.05) is 6.07 Å². The summed E-state index contributed by atoms with van der Waals surface area (Å²) in [6.45, 7) is -0.570. The molecular formula is C13H17NO7S. The van der Waals surface area contributed by atoms with Crippen LogP contribution in [0.2, 0.25) is 0 Å². The number of rotatable bonds is 7. The molecule has 0 aromatic heterocycles. The van der Waals surface area contributed by atoms with Crippen LogP contribution in [0.4, 0.5) is 4.79 Å². The molecule has 1 N–H and O–H groups in total. The van der Waals surface area contributed by atoms with Crippen molar-refractivity contribution in [3.8, 4) is 0 Å². The summed E-state index contributed by atoms with van der Waals surface area (Å²) in [6.07, 6.45) is -0.0638. The van der Waals surface area contributed by atoms with Gasteiger partial charge in [-0.25, -0.2) is 9.59 Å². The van der Waals surface area contributed by atoms with Gasteiger partial charge in [-0.15, -0.1) is 0 Å². The molecule has 0 aliphatic carbocycles. The number of esters is 1. The lowest BCUT2D eigenvalue weighted by Gasteiger charge is -2.15. The molecule has 0 aliphatic rings. The maximum absolute atomic E-state index is 11.6. The van der Waals surface area contributed by atoms with Gasteiger partial charge in [0.05, 0.1) is 20.0 Å². The van der Waals surface area contributed by atoms with E-state index in [1.165, 1.54) is 0 Å². The Morgan fingerprint density at radius 2 is 1.86 bits per heavy atom. The van der Waals surface area contributed by atoms with E-state index >= 15 is 0 Å². The van der Waals surface area contributed by atoms with Crippen LogP contribution >= 0.6 is 0 Å². The zero-order valence-corrected chi connectivity index (χ0v) is 13.0. The van der Waals surface area contributed by atoms with Crippen LogP contribution in [0.5, 0.6) is 0 Å². The third-order valence-corrected chi connectivity index (χ3v) is 3.00. The van der Waals surface area contributed by atoms with Gasteiger partial charge in [-0.3, -0.25) is 4.18 Å². The van der Waals surface area contributed by atoms with Crippen LogP contribution in [0, 0.1) is 0 Å². The number of amides is 1. The van der Waals surface area contributed by atoms with E-state index in [0.29, 0.717) is 0 Å². The SMILES string of the molecule is COC(=O)C(COS(C)(=O)=O)NC(=O)OCc1ccccc1. The summed E-state index contributed by atoms with van der Waals surface area (Å²) < 4.78 is 35.7. The van der Waals surface area contributed by atoms with Crippen molar-refractivity contribution in [1.29, 1.82) is 0 Å². The van der Waals surface area contributed by atoms with Crippen molar-refractivity contribution in [3.63, 3.8) is 0 Å². The zero-order valence-electron chi connectivity index (χ0n) is 12.1. The number of carbonyl (C=O) groups excluding carboxylic acids is 2. The minimum Gasteiger partial charge on any atom is -0.467 e. The van der Waals surface area contributed by atoms with Crippen LogP contribution in [-0.4, -0.2) is 46.5 Å². The van der Waals surface area contributed by atoms with Crippen LogP contribution in [0.15, 0.2) is 30.3 Å². The Kier molecular flexibility index (Phi) is 6.80. The Hall–Kier alpha value is -2.13. The second-order valence-corrected chi connectivity index (χ2v) is 5.91. The van der Waals surface area contributed by atoms with Crippen LogP contribution in [0.3, 0.4) is 0 Å². The molecule has 1 aromatic rings. The number of benzene rings is 1. The van der Waals surface area contributed by atoms with Gasteiger partial charge in [-0.05, 0) is 5.56 Å². The molecular weight excluding hydrogens is 314 g/mol. The largest absolute Gasteiger partial charge is 0.467 e. The Balaban J connectivity index is 2.53. The van der Waals surface area contributed by atoms with E-state index in [2.05, 4.69) is 14.2 Å². The topological polar surface area (TPSA) is 108 Å². The van der Waals surface area contributed by atoms with Gasteiger partial charge >= 0.3 is 12.1 Å². The molecule has 0 saturated carbocycles. The third kappa shape index (κ3) is 7.04. The molecule has 0 heterocycles. The highest BCUT2D eigenvalue weighted by Crippen LogP contribution is 2.01. The van der Waals surface area contributed by atoms with Crippen LogP contribution in [0.1, 0.15) is 5.56 Å². The molecule has 0 bridgehead atoms. The lowest BCUT2D eigenvalue weighted by atomic mass is 10.2. The number of hydrogen-bond donors (Lipinski definition) is 1. The fraction of sp³-hybridized carbons (Fsp3) is 0.385. The highest BCUT2D eigenvalue weighted by atomic mass is 32.2. The van der Waals surface area contributed by atoms with Gasteiger partial charge in [0.25, 0.3) is 10.1 Å². The number of carbonyl (C=O) groups is 2. The smallest absolute Gasteiger partial charge is 0.408 e. The molecule has 122 valence electrons. The summed E-state index contributed by atoms with van der Waals surface area (Å²) in [7, 11) is -2.65. The Bertz CT molecular complexity index is 600. The van der Waals surface area contributed by atoms with E-state index in [9.17, 15) is 18.0 Å². The molecule has 1 amide bonds. The first kappa shape index (κ1) is 17.9. The van der Waals surface area contributed by atoms with Crippen molar-refractivity contribution in [3.05, 3.63) is 35.9 Å². The molecule has 22 heavy (non-hydrogen) atoms. The maximum atomic E-state index is 11.6. The minimum atomic E-state index is -3.75. The maximum Gasteiger partial charge on any atom is 0.408 e. The summed E-state index contributed by atoms with van der Waals surface area (Å²) in [4.78, 5) is 23.1. The summed E-state index contributed by atoms with van der Waals surface area (Å²) >= 11 is 0. The first-order chi connectivity index (χ1) is 10.3. The minimum absolute atomic E-state index is 0.00744. The Morgan fingerprint density at radius 3 is 2.41 bits per heavy atom. The van der Waals surface area contributed by atoms with Crippen molar-refractivity contribution in [2.24, 2.45) is 0 Å². The van der Waals surface area contributed by atoms with E-state index in [4.69, 9.17) is 4.74 Å². The zero-order chi connectivity index (χ0) is 16.6. The summed E-state index contributed by atoms with van der Waals surface area (Å²) in [6, 6.07) is 7.62. The highest BCUT2D eigenvalue weighted by Gasteiger charge is 2.24. The predicted molar refractivity (Wildman–Crippen MR) is 76.4 cm³/mol. The molecule has 0 aliphatic heterocycles. The van der Waals surface area contributed by atoms with E-state index in [0.717, 1.165) is 18.9 Å². The average Bonchev–Trinajstić information content (AvgIpc) is 2.48. The van der Waals surface area contributed by atoms with Crippen molar-refractivity contribution < 1.29 is 31.7 Å². The monoisotopic (exact) mass is 331 g/mol. The molecule has 1 aromatic carbocycles. The Morgan fingerprint density at radius 1 is 1.23 bits per heavy atom. The molecule has 8 nitrogen and oxygen atoms in total. The fourth-order valence-electron chi connectivity index (χ4n) is 1.41. The molecule has 0 radical (unpaired) electrons. The number of nitrogens with one attached hydrogen (secondary N) is 1. The van der Waals surface area contributed by atoms with Gasteiger partial charge < -0.3 is 14.8 Å². The summed E-state index contributed by atoms with van der Waals surface area (Å²) in [5.41, 5.74) is 0.764. The van der Waals surface area contributed by atoms with Gasteiger partial charge in [-0.2, -0.15) is 8.42 Å². The molecule has 9 heteroatoms. The number of alkyl carbamates (subject to hydrolysis) is 1. The molecule has 1 atom stereocenters. The van der Waals surface area contributed by atoms with Crippen molar-refractivity contribution in [1.82, 2.24) is 5.32 Å². The first-order valence-corrected chi connectivity index (χ1v) is 8.03. The molecule has 0 spiro atoms.